The molecule has 0 aromatic heterocycles. The number of hydrogen-bond acceptors (Lipinski definition) is 2. The van der Waals surface area contributed by atoms with Crippen molar-refractivity contribution in [2.24, 2.45) is 0 Å². The summed E-state index contributed by atoms with van der Waals surface area (Å²) >= 11 is 8.15. The van der Waals surface area contributed by atoms with Gasteiger partial charge in [0.25, 0.3) is 11.8 Å². The zero-order valence-corrected chi connectivity index (χ0v) is 17.5. The lowest BCUT2D eigenvalue weighted by Gasteiger charge is -2.19. The molecule has 1 N–H and O–H groups in total. The fraction of sp³-hybridized carbons (Fsp3) is 0.368. The molecule has 0 atom stereocenters. The van der Waals surface area contributed by atoms with E-state index in [9.17, 15) is 9.59 Å². The van der Waals surface area contributed by atoms with Gasteiger partial charge in [0.15, 0.2) is 0 Å². The van der Waals surface area contributed by atoms with E-state index >= 15 is 0 Å². The standard InChI is InChI=1S/C15H15ClN2O2.C4H9I/c1-18(15(20)12-5-3-2-4-6-12)17-14(19)11-7-9-13(16)10-8-11;1-2-3-4-5/h3,5-10H,2,4H2,1H3,(H,17,19);2-4H2,1H3. The van der Waals surface area contributed by atoms with Crippen LogP contribution in [-0.2, 0) is 4.79 Å². The molecule has 6 heteroatoms. The molecule has 2 rings (SSSR count). The Hall–Kier alpha value is -1.34. The van der Waals surface area contributed by atoms with Crippen molar-refractivity contribution in [2.75, 3.05) is 11.5 Å². The molecule has 0 bridgehead atoms. The van der Waals surface area contributed by atoms with Gasteiger partial charge < -0.3 is 0 Å². The minimum atomic E-state index is -0.349. The van der Waals surface area contributed by atoms with Crippen molar-refractivity contribution in [3.8, 4) is 0 Å². The van der Waals surface area contributed by atoms with Crippen molar-refractivity contribution in [1.29, 1.82) is 0 Å². The average molecular weight is 475 g/mol. The number of carbonyl (C=O) groups excluding carboxylic acids is 2. The van der Waals surface area contributed by atoms with Gasteiger partial charge in [-0.15, -0.1) is 0 Å². The molecule has 1 aliphatic rings. The molecule has 0 radical (unpaired) electrons. The summed E-state index contributed by atoms with van der Waals surface area (Å²) in [6.45, 7) is 2.21. The zero-order valence-electron chi connectivity index (χ0n) is 14.6. The van der Waals surface area contributed by atoms with Gasteiger partial charge in [0.1, 0.15) is 0 Å². The summed E-state index contributed by atoms with van der Waals surface area (Å²) in [5, 5.41) is 1.75. The summed E-state index contributed by atoms with van der Waals surface area (Å²) < 4.78 is 1.31. The highest BCUT2D eigenvalue weighted by molar-refractivity contribution is 14.1. The fourth-order valence-corrected chi connectivity index (χ4v) is 2.86. The normalized spacial score (nSPS) is 12.6. The Morgan fingerprint density at radius 1 is 1.24 bits per heavy atom. The number of nitrogens with one attached hydrogen (secondary N) is 1. The van der Waals surface area contributed by atoms with E-state index in [2.05, 4.69) is 34.9 Å². The number of halogens is 2. The first-order chi connectivity index (χ1) is 12.0. The first kappa shape index (κ1) is 21.7. The van der Waals surface area contributed by atoms with Crippen molar-refractivity contribution in [3.05, 3.63) is 58.7 Å². The number of nitrogens with zero attached hydrogens (tertiary/aromatic N) is 1. The molecular formula is C19H24ClIN2O2. The molecule has 0 fully saturated rings. The van der Waals surface area contributed by atoms with Crippen LogP contribution < -0.4 is 5.43 Å². The summed E-state index contributed by atoms with van der Waals surface area (Å²) in [4.78, 5) is 24.1. The highest BCUT2D eigenvalue weighted by atomic mass is 127. The molecule has 0 saturated carbocycles. The maximum Gasteiger partial charge on any atom is 0.271 e. The van der Waals surface area contributed by atoms with Crippen LogP contribution in [0.4, 0.5) is 0 Å². The largest absolute Gasteiger partial charge is 0.271 e. The van der Waals surface area contributed by atoms with Gasteiger partial charge in [-0.2, -0.15) is 0 Å². The van der Waals surface area contributed by atoms with Gasteiger partial charge in [-0.05, 0) is 48.0 Å². The van der Waals surface area contributed by atoms with Crippen LogP contribution >= 0.6 is 34.2 Å². The molecule has 0 heterocycles. The SMILES string of the molecule is CCCCI.CN(NC(=O)c1ccc(Cl)cc1)C(=O)C1=CCCC=C1. The van der Waals surface area contributed by atoms with Crippen molar-refractivity contribution in [1.82, 2.24) is 10.4 Å². The zero-order chi connectivity index (χ0) is 18.7. The predicted octanol–water partition coefficient (Wildman–Crippen LogP) is 4.94. The van der Waals surface area contributed by atoms with Gasteiger partial charge in [-0.1, -0.05) is 65.8 Å². The Morgan fingerprint density at radius 2 is 1.92 bits per heavy atom. The number of likely N-dealkylation sites (N-methyl/N-ethyl adjacent to an activating group) is 1. The van der Waals surface area contributed by atoms with Crippen LogP contribution in [0.15, 0.2) is 48.1 Å². The van der Waals surface area contributed by atoms with Gasteiger partial charge >= 0.3 is 0 Å². The summed E-state index contributed by atoms with van der Waals surface area (Å²) in [6, 6.07) is 6.47. The van der Waals surface area contributed by atoms with Gasteiger partial charge in [0.05, 0.1) is 0 Å². The molecule has 136 valence electrons. The molecule has 4 nitrogen and oxygen atoms in total. The number of alkyl halides is 1. The van der Waals surface area contributed by atoms with Gasteiger partial charge in [-0.3, -0.25) is 20.0 Å². The van der Waals surface area contributed by atoms with E-state index in [1.807, 2.05) is 12.2 Å². The summed E-state index contributed by atoms with van der Waals surface area (Å²) in [6.07, 6.45) is 10.1. The molecule has 0 unspecified atom stereocenters. The van der Waals surface area contributed by atoms with Crippen LogP contribution in [0.25, 0.3) is 0 Å². The Bertz CT molecular complexity index is 625. The van der Waals surface area contributed by atoms with Crippen LogP contribution in [0.2, 0.25) is 5.02 Å². The van der Waals surface area contributed by atoms with Crippen LogP contribution in [0.5, 0.6) is 0 Å². The third kappa shape index (κ3) is 8.05. The quantitative estimate of drug-likeness (QED) is 0.382. The first-order valence-electron chi connectivity index (χ1n) is 8.26. The lowest BCUT2D eigenvalue weighted by Crippen LogP contribution is -2.43. The van der Waals surface area contributed by atoms with Crippen molar-refractivity contribution >= 4 is 46.0 Å². The Labute approximate surface area is 168 Å². The van der Waals surface area contributed by atoms with E-state index in [1.165, 1.54) is 29.3 Å². The number of allylic oxidation sites excluding steroid dienone is 2. The van der Waals surface area contributed by atoms with Crippen molar-refractivity contribution in [2.45, 2.75) is 32.6 Å². The van der Waals surface area contributed by atoms with Gasteiger partial charge in [-0.25, -0.2) is 0 Å². The van der Waals surface area contributed by atoms with E-state index in [0.29, 0.717) is 16.2 Å². The lowest BCUT2D eigenvalue weighted by molar-refractivity contribution is -0.127. The van der Waals surface area contributed by atoms with Crippen LogP contribution in [0.1, 0.15) is 43.0 Å². The molecular weight excluding hydrogens is 451 g/mol. The number of carbonyl (C=O) groups is 2. The molecule has 0 aliphatic heterocycles. The minimum Gasteiger partial charge on any atom is -0.267 e. The molecule has 1 aromatic carbocycles. The summed E-state index contributed by atoms with van der Waals surface area (Å²) in [5.41, 5.74) is 3.58. The summed E-state index contributed by atoms with van der Waals surface area (Å²) in [5.74, 6) is -0.582. The number of amides is 2. The van der Waals surface area contributed by atoms with Crippen LogP contribution in [0, 0.1) is 0 Å². The smallest absolute Gasteiger partial charge is 0.267 e. The van der Waals surface area contributed by atoms with E-state index in [4.69, 9.17) is 11.6 Å². The Kier molecular flexibility index (Phi) is 10.5. The van der Waals surface area contributed by atoms with Crippen molar-refractivity contribution < 1.29 is 9.59 Å². The highest BCUT2D eigenvalue weighted by Crippen LogP contribution is 2.12. The number of hydrogen-bond donors (Lipinski definition) is 1. The van der Waals surface area contributed by atoms with Crippen LogP contribution in [0.3, 0.4) is 0 Å². The minimum absolute atomic E-state index is 0.233. The molecule has 25 heavy (non-hydrogen) atoms. The second-order valence-electron chi connectivity index (χ2n) is 5.49. The maximum absolute atomic E-state index is 12.1. The second-order valence-corrected chi connectivity index (χ2v) is 7.01. The topological polar surface area (TPSA) is 49.4 Å². The monoisotopic (exact) mass is 474 g/mol. The number of rotatable bonds is 4. The number of hydrazine groups is 1. The highest BCUT2D eigenvalue weighted by Gasteiger charge is 2.16. The van der Waals surface area contributed by atoms with E-state index in [0.717, 1.165) is 12.8 Å². The predicted molar refractivity (Wildman–Crippen MR) is 112 cm³/mol. The molecule has 2 amide bonds. The average Bonchev–Trinajstić information content (AvgIpc) is 2.63. The van der Waals surface area contributed by atoms with E-state index in [-0.39, 0.29) is 11.8 Å². The fourth-order valence-electron chi connectivity index (χ4n) is 1.97. The van der Waals surface area contributed by atoms with E-state index < -0.39 is 0 Å². The molecule has 0 saturated heterocycles. The first-order valence-corrected chi connectivity index (χ1v) is 10.2. The second kappa shape index (κ2) is 12.1. The molecule has 0 spiro atoms. The third-order valence-electron chi connectivity index (χ3n) is 3.41. The Morgan fingerprint density at radius 3 is 2.40 bits per heavy atom. The summed E-state index contributed by atoms with van der Waals surface area (Å²) in [7, 11) is 1.53. The molecule has 1 aromatic rings. The maximum atomic E-state index is 12.1. The Balaban J connectivity index is 0.000000550. The van der Waals surface area contributed by atoms with Gasteiger partial charge in [0, 0.05) is 23.2 Å². The lowest BCUT2D eigenvalue weighted by atomic mass is 10.1. The van der Waals surface area contributed by atoms with Crippen molar-refractivity contribution in [3.63, 3.8) is 0 Å². The van der Waals surface area contributed by atoms with E-state index in [1.54, 1.807) is 30.3 Å². The van der Waals surface area contributed by atoms with Gasteiger partial charge in [0.2, 0.25) is 0 Å². The molecule has 1 aliphatic carbocycles. The van der Waals surface area contributed by atoms with Crippen LogP contribution in [-0.4, -0.2) is 28.3 Å². The number of benzene rings is 1. The number of unbranched alkanes of at least 4 members (excludes halogenated alkanes) is 1. The third-order valence-corrected chi connectivity index (χ3v) is 4.42.